The van der Waals surface area contributed by atoms with Crippen molar-refractivity contribution in [3.63, 3.8) is 0 Å². The largest absolute Gasteiger partial charge is 0.456 e. The Hall–Kier alpha value is -1.51. The summed E-state index contributed by atoms with van der Waals surface area (Å²) in [6.07, 6.45) is 0.279. The molecule has 0 saturated heterocycles. The van der Waals surface area contributed by atoms with Gasteiger partial charge in [0.1, 0.15) is 11.5 Å². The van der Waals surface area contributed by atoms with E-state index in [1.807, 2.05) is 56.3 Å². The molecule has 0 aromatic heterocycles. The van der Waals surface area contributed by atoms with Crippen molar-refractivity contribution in [3.05, 3.63) is 58.6 Å². The topological polar surface area (TPSA) is 29.5 Å². The van der Waals surface area contributed by atoms with Crippen LogP contribution in [0, 0.1) is 6.92 Å². The summed E-state index contributed by atoms with van der Waals surface area (Å²) in [5, 5.41) is 10.3. The summed E-state index contributed by atoms with van der Waals surface area (Å²) in [6.45, 7) is 3.93. The molecule has 19 heavy (non-hydrogen) atoms. The highest BCUT2D eigenvalue weighted by molar-refractivity contribution is 6.32. The van der Waals surface area contributed by atoms with Gasteiger partial charge in [-0.15, -0.1) is 0 Å². The fourth-order valence-electron chi connectivity index (χ4n) is 1.81. The molecule has 2 aromatic carbocycles. The molecule has 1 N–H and O–H groups in total. The number of ether oxygens (including phenoxy) is 1. The average Bonchev–Trinajstić information content (AvgIpc) is 2.42. The van der Waals surface area contributed by atoms with Crippen LogP contribution < -0.4 is 4.74 Å². The molecule has 0 fully saturated rings. The highest BCUT2D eigenvalue weighted by Gasteiger charge is 2.06. The van der Waals surface area contributed by atoms with Crippen LogP contribution in [-0.4, -0.2) is 5.11 Å². The van der Waals surface area contributed by atoms with E-state index in [1.165, 1.54) is 0 Å². The molecular formula is C16H17ClO2. The van der Waals surface area contributed by atoms with Gasteiger partial charge in [-0.2, -0.15) is 0 Å². The molecular weight excluding hydrogens is 260 g/mol. The molecule has 0 heterocycles. The van der Waals surface area contributed by atoms with Gasteiger partial charge in [-0.25, -0.2) is 0 Å². The van der Waals surface area contributed by atoms with Gasteiger partial charge in [-0.3, -0.25) is 0 Å². The van der Waals surface area contributed by atoms with Gasteiger partial charge < -0.3 is 9.84 Å². The Labute approximate surface area is 118 Å². The molecule has 1 unspecified atom stereocenters. The third-order valence-corrected chi connectivity index (χ3v) is 3.26. The molecule has 3 heteroatoms. The van der Waals surface area contributed by atoms with Crippen LogP contribution in [0.15, 0.2) is 42.5 Å². The van der Waals surface area contributed by atoms with Gasteiger partial charge in [0.15, 0.2) is 0 Å². The zero-order valence-electron chi connectivity index (χ0n) is 11.1. The lowest BCUT2D eigenvalue weighted by Crippen LogP contribution is -1.94. The van der Waals surface area contributed by atoms with Crippen LogP contribution in [0.5, 0.6) is 11.5 Å². The zero-order chi connectivity index (χ0) is 13.8. The van der Waals surface area contributed by atoms with E-state index in [1.54, 1.807) is 0 Å². The summed E-state index contributed by atoms with van der Waals surface area (Å²) in [4.78, 5) is 0. The molecule has 0 amide bonds. The van der Waals surface area contributed by atoms with Crippen LogP contribution in [0.4, 0.5) is 0 Å². The van der Waals surface area contributed by atoms with Crippen molar-refractivity contribution in [1.82, 2.24) is 0 Å². The summed E-state index contributed by atoms with van der Waals surface area (Å²) >= 11 is 6.12. The van der Waals surface area contributed by atoms with E-state index in [0.717, 1.165) is 11.1 Å². The Bertz CT molecular complexity index is 549. The van der Waals surface area contributed by atoms with Crippen molar-refractivity contribution < 1.29 is 9.84 Å². The number of hydrogen-bond donors (Lipinski definition) is 1. The maximum Gasteiger partial charge on any atom is 0.146 e. The molecule has 0 spiro atoms. The second-order valence-corrected chi connectivity index (χ2v) is 4.94. The van der Waals surface area contributed by atoms with Gasteiger partial charge >= 0.3 is 0 Å². The van der Waals surface area contributed by atoms with Crippen LogP contribution in [0.25, 0.3) is 0 Å². The molecule has 0 aliphatic carbocycles. The minimum atomic E-state index is -0.419. The molecule has 2 aromatic rings. The van der Waals surface area contributed by atoms with E-state index in [9.17, 15) is 5.11 Å². The number of hydrogen-bond acceptors (Lipinski definition) is 2. The van der Waals surface area contributed by atoms with Crippen LogP contribution in [0.3, 0.4) is 0 Å². The number of aliphatic hydroxyl groups is 1. The SMILES string of the molecule is CCC(O)c1ccc(Oc2ccc(C)cc2Cl)cc1. The molecule has 1 atom stereocenters. The highest BCUT2D eigenvalue weighted by atomic mass is 35.5. The first-order valence-electron chi connectivity index (χ1n) is 6.32. The monoisotopic (exact) mass is 276 g/mol. The minimum absolute atomic E-state index is 0.419. The third-order valence-electron chi connectivity index (χ3n) is 2.97. The van der Waals surface area contributed by atoms with Crippen molar-refractivity contribution in [2.45, 2.75) is 26.4 Å². The molecule has 0 saturated carbocycles. The number of aliphatic hydroxyl groups excluding tert-OH is 1. The third kappa shape index (κ3) is 3.49. The second-order valence-electron chi connectivity index (χ2n) is 4.53. The van der Waals surface area contributed by atoms with Crippen molar-refractivity contribution in [2.75, 3.05) is 0 Å². The van der Waals surface area contributed by atoms with Gasteiger partial charge in [-0.05, 0) is 48.7 Å². The molecule has 100 valence electrons. The Morgan fingerprint density at radius 2 is 1.84 bits per heavy atom. The first kappa shape index (κ1) is 13.9. The van der Waals surface area contributed by atoms with Gasteiger partial charge in [0, 0.05) is 0 Å². The summed E-state index contributed by atoms with van der Waals surface area (Å²) in [7, 11) is 0. The van der Waals surface area contributed by atoms with Crippen molar-refractivity contribution in [3.8, 4) is 11.5 Å². The number of benzene rings is 2. The van der Waals surface area contributed by atoms with E-state index in [-0.39, 0.29) is 0 Å². The molecule has 0 aliphatic rings. The lowest BCUT2D eigenvalue weighted by Gasteiger charge is -2.11. The van der Waals surface area contributed by atoms with E-state index in [4.69, 9.17) is 16.3 Å². The normalized spacial score (nSPS) is 12.2. The lowest BCUT2D eigenvalue weighted by atomic mass is 10.1. The molecule has 0 bridgehead atoms. The Morgan fingerprint density at radius 1 is 1.16 bits per heavy atom. The molecule has 2 rings (SSSR count). The minimum Gasteiger partial charge on any atom is -0.456 e. The Kier molecular flexibility index (Phi) is 4.46. The summed E-state index contributed by atoms with van der Waals surface area (Å²) < 4.78 is 5.72. The highest BCUT2D eigenvalue weighted by Crippen LogP contribution is 2.30. The van der Waals surface area contributed by atoms with Crippen LogP contribution >= 0.6 is 11.6 Å². The lowest BCUT2D eigenvalue weighted by molar-refractivity contribution is 0.173. The molecule has 2 nitrogen and oxygen atoms in total. The quantitative estimate of drug-likeness (QED) is 0.862. The van der Waals surface area contributed by atoms with E-state index < -0.39 is 6.10 Å². The van der Waals surface area contributed by atoms with Crippen molar-refractivity contribution in [1.29, 1.82) is 0 Å². The maximum absolute atomic E-state index is 9.72. The first-order chi connectivity index (χ1) is 9.10. The predicted molar refractivity (Wildman–Crippen MR) is 78.0 cm³/mol. The fraction of sp³-hybridized carbons (Fsp3) is 0.250. The molecule has 0 aliphatic heterocycles. The average molecular weight is 277 g/mol. The second kappa shape index (κ2) is 6.09. The first-order valence-corrected chi connectivity index (χ1v) is 6.70. The van der Waals surface area contributed by atoms with Crippen molar-refractivity contribution in [2.24, 2.45) is 0 Å². The van der Waals surface area contributed by atoms with Gasteiger partial charge in [0.05, 0.1) is 11.1 Å². The number of aryl methyl sites for hydroxylation is 1. The van der Waals surface area contributed by atoms with E-state index >= 15 is 0 Å². The maximum atomic E-state index is 9.72. The van der Waals surface area contributed by atoms with Crippen LogP contribution in [0.1, 0.15) is 30.6 Å². The van der Waals surface area contributed by atoms with Gasteiger partial charge in [0.2, 0.25) is 0 Å². The predicted octanol–water partition coefficient (Wildman–Crippen LogP) is 4.88. The van der Waals surface area contributed by atoms with Gasteiger partial charge in [0.25, 0.3) is 0 Å². The summed E-state index contributed by atoms with van der Waals surface area (Å²) in [5.74, 6) is 1.34. The summed E-state index contributed by atoms with van der Waals surface area (Å²) in [6, 6.07) is 13.1. The number of rotatable bonds is 4. The number of halogens is 1. The smallest absolute Gasteiger partial charge is 0.146 e. The Balaban J connectivity index is 2.15. The van der Waals surface area contributed by atoms with Crippen LogP contribution in [0.2, 0.25) is 5.02 Å². The Morgan fingerprint density at radius 3 is 2.42 bits per heavy atom. The summed E-state index contributed by atoms with van der Waals surface area (Å²) in [5.41, 5.74) is 1.99. The van der Waals surface area contributed by atoms with E-state index in [2.05, 4.69) is 0 Å². The van der Waals surface area contributed by atoms with Gasteiger partial charge in [-0.1, -0.05) is 36.7 Å². The molecule has 0 radical (unpaired) electrons. The zero-order valence-corrected chi connectivity index (χ0v) is 11.8. The fourth-order valence-corrected chi connectivity index (χ4v) is 2.08. The van der Waals surface area contributed by atoms with Crippen LogP contribution in [-0.2, 0) is 0 Å². The standard InChI is InChI=1S/C16H17ClO2/c1-3-15(18)12-5-7-13(8-6-12)19-16-9-4-11(2)10-14(16)17/h4-10,15,18H,3H2,1-2H3. The van der Waals surface area contributed by atoms with Crippen molar-refractivity contribution >= 4 is 11.6 Å². The van der Waals surface area contributed by atoms with E-state index in [0.29, 0.717) is 22.9 Å².